The monoisotopic (exact) mass is 336 g/mol. The summed E-state index contributed by atoms with van der Waals surface area (Å²) in [4.78, 5) is 0. The van der Waals surface area contributed by atoms with E-state index < -0.39 is 0 Å². The topological polar surface area (TPSA) is 44.2 Å². The highest BCUT2D eigenvalue weighted by Gasteiger charge is 2.08. The summed E-state index contributed by atoms with van der Waals surface area (Å²) < 4.78 is 0. The summed E-state index contributed by atoms with van der Waals surface area (Å²) in [7, 11) is 0. The lowest BCUT2D eigenvalue weighted by molar-refractivity contribution is -0.670. The summed E-state index contributed by atoms with van der Waals surface area (Å²) in [5.74, 6) is 0. The predicted octanol–water partition coefficient (Wildman–Crippen LogP) is 3.64. The van der Waals surface area contributed by atoms with E-state index in [0.717, 1.165) is 13.1 Å². The van der Waals surface area contributed by atoms with Gasteiger partial charge in [-0.3, -0.25) is 0 Å². The number of fused-ring (bicyclic) bond motifs is 2. The lowest BCUT2D eigenvalue weighted by atomic mass is 9.97. The molecule has 0 aliphatic rings. The molecule has 3 aromatic rings. The van der Waals surface area contributed by atoms with Gasteiger partial charge in [0.2, 0.25) is 0 Å². The van der Waals surface area contributed by atoms with Crippen molar-refractivity contribution in [2.24, 2.45) is 0 Å². The van der Waals surface area contributed by atoms with Gasteiger partial charge in [-0.1, -0.05) is 61.4 Å². The van der Waals surface area contributed by atoms with Crippen molar-refractivity contribution in [3.05, 3.63) is 60.2 Å². The van der Waals surface area contributed by atoms with Gasteiger partial charge in [0.1, 0.15) is 6.54 Å². The van der Waals surface area contributed by atoms with E-state index >= 15 is 0 Å². The summed E-state index contributed by atoms with van der Waals surface area (Å²) in [6.07, 6.45) is 8.10. The molecule has 3 rings (SSSR count). The predicted molar refractivity (Wildman–Crippen MR) is 107 cm³/mol. The van der Waals surface area contributed by atoms with E-state index in [0.29, 0.717) is 0 Å². The zero-order valence-electron chi connectivity index (χ0n) is 15.3. The van der Waals surface area contributed by atoms with Crippen LogP contribution >= 0.6 is 0 Å². The van der Waals surface area contributed by atoms with E-state index in [2.05, 4.69) is 65.6 Å². The van der Waals surface area contributed by atoms with Crippen molar-refractivity contribution in [3.8, 4) is 0 Å². The van der Waals surface area contributed by atoms with E-state index in [1.165, 1.54) is 72.2 Å². The third-order valence-corrected chi connectivity index (χ3v) is 5.14. The average Bonchev–Trinajstić information content (AvgIpc) is 2.66. The maximum Gasteiger partial charge on any atom is 0.102 e. The highest BCUT2D eigenvalue weighted by Crippen LogP contribution is 2.27. The van der Waals surface area contributed by atoms with Crippen LogP contribution in [-0.2, 0) is 6.54 Å². The molecule has 0 fully saturated rings. The molecule has 2 heteroatoms. The van der Waals surface area contributed by atoms with E-state index in [9.17, 15) is 0 Å². The van der Waals surface area contributed by atoms with Crippen molar-refractivity contribution < 1.29 is 11.1 Å². The molecule has 0 spiro atoms. The number of hydrogen-bond acceptors (Lipinski definition) is 0. The zero-order valence-corrected chi connectivity index (χ0v) is 15.3. The number of quaternary nitrogens is 2. The molecule has 132 valence electrons. The first-order chi connectivity index (χ1) is 12.4. The third-order valence-electron chi connectivity index (χ3n) is 5.14. The second kappa shape index (κ2) is 9.55. The quantitative estimate of drug-likeness (QED) is 0.419. The Morgan fingerprint density at radius 2 is 1.24 bits per heavy atom. The molecule has 0 saturated carbocycles. The van der Waals surface area contributed by atoms with Gasteiger partial charge in [-0.05, 0) is 53.3 Å². The molecule has 0 bridgehead atoms. The average molecular weight is 337 g/mol. The Morgan fingerprint density at radius 1 is 0.680 bits per heavy atom. The standard InChI is InChI=1S/C23H30N2/c24-15-9-3-1-2-4-10-16-25-18-23-21-13-7-5-11-19(21)17-20-12-6-8-14-22(20)23/h5-8,11-14,17,25H,1-4,9-10,15-16,18,24H2/p+2. The van der Waals surface area contributed by atoms with Gasteiger partial charge in [-0.2, -0.15) is 0 Å². The molecule has 0 unspecified atom stereocenters. The van der Waals surface area contributed by atoms with Crippen molar-refractivity contribution in [2.45, 2.75) is 45.1 Å². The SMILES string of the molecule is [NH3+]CCCCCCCC[NH2+]Cc1c2ccccc2cc2ccccc12. The van der Waals surface area contributed by atoms with E-state index in [4.69, 9.17) is 0 Å². The summed E-state index contributed by atoms with van der Waals surface area (Å²) in [6.45, 7) is 3.39. The van der Waals surface area contributed by atoms with Crippen molar-refractivity contribution in [1.29, 1.82) is 0 Å². The Labute approximate surface area is 151 Å². The molecule has 25 heavy (non-hydrogen) atoms. The summed E-state index contributed by atoms with van der Waals surface area (Å²) in [5, 5.41) is 8.02. The van der Waals surface area contributed by atoms with Gasteiger partial charge in [-0.15, -0.1) is 0 Å². The molecule has 0 amide bonds. The Hall–Kier alpha value is -1.90. The maximum absolute atomic E-state index is 3.91. The van der Waals surface area contributed by atoms with Crippen molar-refractivity contribution >= 4 is 21.5 Å². The van der Waals surface area contributed by atoms with Crippen molar-refractivity contribution in [1.82, 2.24) is 0 Å². The molecular formula is C23H32N2+2. The van der Waals surface area contributed by atoms with Crippen molar-refractivity contribution in [3.63, 3.8) is 0 Å². The normalized spacial score (nSPS) is 11.4. The first-order valence-corrected chi connectivity index (χ1v) is 9.90. The number of hydrogen-bond donors (Lipinski definition) is 2. The largest absolute Gasteiger partial charge is 0.358 e. The first kappa shape index (κ1) is 17.9. The number of nitrogens with two attached hydrogens (primary N) is 1. The Bertz CT molecular complexity index is 740. The van der Waals surface area contributed by atoms with Crippen LogP contribution in [0.4, 0.5) is 0 Å². The number of rotatable bonds is 10. The highest BCUT2D eigenvalue weighted by molar-refractivity contribution is 6.02. The molecule has 2 nitrogen and oxygen atoms in total. The fourth-order valence-electron chi connectivity index (χ4n) is 3.75. The molecule has 0 aliphatic carbocycles. The minimum Gasteiger partial charge on any atom is -0.358 e. The lowest BCUT2D eigenvalue weighted by Gasteiger charge is -2.11. The summed E-state index contributed by atoms with van der Waals surface area (Å²) in [6, 6.07) is 19.9. The molecule has 0 atom stereocenters. The Balaban J connectivity index is 1.59. The zero-order chi connectivity index (χ0) is 17.3. The molecule has 0 radical (unpaired) electrons. The second-order valence-electron chi connectivity index (χ2n) is 7.05. The van der Waals surface area contributed by atoms with Gasteiger partial charge in [0, 0.05) is 5.56 Å². The molecule has 0 saturated heterocycles. The molecule has 0 aliphatic heterocycles. The van der Waals surface area contributed by atoms with E-state index in [1.807, 2.05) is 0 Å². The van der Waals surface area contributed by atoms with Gasteiger partial charge in [0.25, 0.3) is 0 Å². The molecule has 0 heterocycles. The molecule has 3 aromatic carbocycles. The van der Waals surface area contributed by atoms with E-state index in [-0.39, 0.29) is 0 Å². The van der Waals surface area contributed by atoms with Crippen LogP contribution in [0.2, 0.25) is 0 Å². The van der Waals surface area contributed by atoms with Crippen LogP contribution in [-0.4, -0.2) is 13.1 Å². The van der Waals surface area contributed by atoms with Crippen LogP contribution in [0.5, 0.6) is 0 Å². The van der Waals surface area contributed by atoms with Crippen LogP contribution in [0.25, 0.3) is 21.5 Å². The smallest absolute Gasteiger partial charge is 0.102 e. The highest BCUT2D eigenvalue weighted by atomic mass is 14.8. The van der Waals surface area contributed by atoms with Crippen molar-refractivity contribution in [2.75, 3.05) is 13.1 Å². The number of benzene rings is 3. The lowest BCUT2D eigenvalue weighted by Crippen LogP contribution is -2.82. The minimum atomic E-state index is 1.07. The Morgan fingerprint density at radius 3 is 1.88 bits per heavy atom. The van der Waals surface area contributed by atoms with Gasteiger partial charge in [-0.25, -0.2) is 0 Å². The van der Waals surface area contributed by atoms with Crippen LogP contribution in [0.1, 0.15) is 44.1 Å². The van der Waals surface area contributed by atoms with E-state index in [1.54, 1.807) is 0 Å². The number of unbranched alkanes of at least 4 members (excludes halogenated alkanes) is 5. The van der Waals surface area contributed by atoms with Gasteiger partial charge in [0.15, 0.2) is 0 Å². The molecule has 0 aromatic heterocycles. The third kappa shape index (κ3) is 4.81. The maximum atomic E-state index is 3.91. The van der Waals surface area contributed by atoms with Crippen LogP contribution in [0.15, 0.2) is 54.6 Å². The van der Waals surface area contributed by atoms with Crippen LogP contribution in [0.3, 0.4) is 0 Å². The minimum absolute atomic E-state index is 1.07. The second-order valence-corrected chi connectivity index (χ2v) is 7.05. The van der Waals surface area contributed by atoms with Gasteiger partial charge in [0.05, 0.1) is 13.1 Å². The van der Waals surface area contributed by atoms with Crippen LogP contribution in [0, 0.1) is 0 Å². The Kier molecular flexibility index (Phi) is 6.84. The fraction of sp³-hybridized carbons (Fsp3) is 0.391. The molecular weight excluding hydrogens is 304 g/mol. The van der Waals surface area contributed by atoms with Gasteiger partial charge < -0.3 is 11.1 Å². The summed E-state index contributed by atoms with van der Waals surface area (Å²) in [5.41, 5.74) is 5.40. The first-order valence-electron chi connectivity index (χ1n) is 9.90. The van der Waals surface area contributed by atoms with Gasteiger partial charge >= 0.3 is 0 Å². The summed E-state index contributed by atoms with van der Waals surface area (Å²) >= 11 is 0. The van der Waals surface area contributed by atoms with Crippen LogP contribution < -0.4 is 11.1 Å². The fourth-order valence-corrected chi connectivity index (χ4v) is 3.75. The molecule has 5 N–H and O–H groups in total.